The van der Waals surface area contributed by atoms with E-state index in [0.717, 1.165) is 45.7 Å². The van der Waals surface area contributed by atoms with E-state index in [-0.39, 0.29) is 29.6 Å². The van der Waals surface area contributed by atoms with Crippen LogP contribution in [0.2, 0.25) is 10.0 Å². The number of primary amides is 1. The number of carbonyl (C=O) groups excluding carboxylic acids is 2. The molecule has 43 heavy (non-hydrogen) atoms. The predicted molar refractivity (Wildman–Crippen MR) is 169 cm³/mol. The third-order valence-corrected chi connectivity index (χ3v) is 9.53. The van der Waals surface area contributed by atoms with E-state index in [2.05, 4.69) is 35.2 Å². The number of benzene rings is 2. The number of carbonyl (C=O) groups is 2. The first-order chi connectivity index (χ1) is 20.6. The average Bonchev–Trinajstić information content (AvgIpc) is 3.60. The molecule has 4 N–H and O–H groups in total. The molecule has 5 aromatic rings. The lowest BCUT2D eigenvalue weighted by atomic mass is 9.52. The first-order valence-electron chi connectivity index (χ1n) is 14.2. The van der Waals surface area contributed by atoms with E-state index >= 15 is 0 Å². The highest BCUT2D eigenvalue weighted by Crippen LogP contribution is 2.58. The maximum absolute atomic E-state index is 13.2. The summed E-state index contributed by atoms with van der Waals surface area (Å²) in [5.74, 6) is -0.536. The zero-order valence-electron chi connectivity index (χ0n) is 23.9. The van der Waals surface area contributed by atoms with Crippen molar-refractivity contribution in [3.05, 3.63) is 101 Å². The fraction of sp³-hybridized carbons (Fsp3) is 0.273. The van der Waals surface area contributed by atoms with Crippen LogP contribution in [-0.4, -0.2) is 37.6 Å². The van der Waals surface area contributed by atoms with Crippen molar-refractivity contribution in [3.8, 4) is 16.9 Å². The molecule has 0 spiro atoms. The van der Waals surface area contributed by atoms with Crippen LogP contribution >= 0.6 is 23.2 Å². The Morgan fingerprint density at radius 2 is 1.91 bits per heavy atom. The van der Waals surface area contributed by atoms with Gasteiger partial charge >= 0.3 is 0 Å². The number of aromatic amines is 1. The lowest BCUT2D eigenvalue weighted by Gasteiger charge is -2.52. The summed E-state index contributed by atoms with van der Waals surface area (Å²) < 4.78 is 1.91. The number of hydrogen-bond acceptors (Lipinski definition) is 4. The maximum atomic E-state index is 13.2. The standard InChI is InChI=1S/C33H32Cl2N6O2/c1-33(2)21(14-31(42)39-29(32(36)43)15-22-12-19-6-3-4-8-27(19)38-22)13-24(33)30-17-28(20-7-5-11-37-18-20)40-41(30)23-9-10-25(34)26(35)16-23/h3-12,16-18,21,24,29,38H,13-15H2,1-2H3,(H2,36,43)(H,39,42)/t21-,24-,29+/m1/s1. The van der Waals surface area contributed by atoms with E-state index in [1.54, 1.807) is 24.5 Å². The van der Waals surface area contributed by atoms with Crippen LogP contribution in [0.25, 0.3) is 27.8 Å². The van der Waals surface area contributed by atoms with Gasteiger partial charge in [0.15, 0.2) is 0 Å². The minimum atomic E-state index is -0.808. The van der Waals surface area contributed by atoms with Crippen molar-refractivity contribution in [2.24, 2.45) is 17.1 Å². The quantitative estimate of drug-likeness (QED) is 0.177. The van der Waals surface area contributed by atoms with Crippen molar-refractivity contribution in [1.82, 2.24) is 25.1 Å². The Morgan fingerprint density at radius 1 is 1.09 bits per heavy atom. The normalized spacial score (nSPS) is 18.2. The smallest absolute Gasteiger partial charge is 0.240 e. The summed E-state index contributed by atoms with van der Waals surface area (Å²) in [5, 5.41) is 9.78. The molecule has 0 saturated heterocycles. The SMILES string of the molecule is CC1(C)[C@@H](CC(=O)N[C@@H](Cc2cc3ccccc3[nH]2)C(N)=O)C[C@@H]1c1cc(-c2cccnc2)nn1-c1ccc(Cl)c(Cl)c1. The van der Waals surface area contributed by atoms with Crippen molar-refractivity contribution in [2.45, 2.75) is 45.1 Å². The molecule has 6 rings (SSSR count). The Balaban J connectivity index is 1.19. The van der Waals surface area contributed by atoms with Crippen LogP contribution in [0.5, 0.6) is 0 Å². The molecular weight excluding hydrogens is 583 g/mol. The second-order valence-electron chi connectivity index (χ2n) is 11.8. The maximum Gasteiger partial charge on any atom is 0.240 e. The molecule has 3 atom stereocenters. The van der Waals surface area contributed by atoms with Gasteiger partial charge in [0, 0.05) is 53.6 Å². The Bertz CT molecular complexity index is 1780. The number of H-pyrrole nitrogens is 1. The van der Waals surface area contributed by atoms with Gasteiger partial charge in [0.05, 0.1) is 21.4 Å². The average molecular weight is 616 g/mol. The van der Waals surface area contributed by atoms with E-state index in [4.69, 9.17) is 34.0 Å². The van der Waals surface area contributed by atoms with Gasteiger partial charge in [-0.2, -0.15) is 5.10 Å². The fourth-order valence-corrected chi connectivity index (χ4v) is 6.44. The van der Waals surface area contributed by atoms with E-state index in [1.165, 1.54) is 0 Å². The summed E-state index contributed by atoms with van der Waals surface area (Å²) >= 11 is 12.6. The van der Waals surface area contributed by atoms with Crippen molar-refractivity contribution in [1.29, 1.82) is 0 Å². The van der Waals surface area contributed by atoms with Gasteiger partial charge in [-0.3, -0.25) is 14.6 Å². The first-order valence-corrected chi connectivity index (χ1v) is 15.0. The van der Waals surface area contributed by atoms with Gasteiger partial charge in [-0.25, -0.2) is 4.68 Å². The Kier molecular flexibility index (Phi) is 7.75. The monoisotopic (exact) mass is 614 g/mol. The van der Waals surface area contributed by atoms with Crippen molar-refractivity contribution < 1.29 is 9.59 Å². The molecule has 3 aromatic heterocycles. The summed E-state index contributed by atoms with van der Waals surface area (Å²) in [6.07, 6.45) is 4.88. The van der Waals surface area contributed by atoms with Gasteiger partial charge in [0.1, 0.15) is 6.04 Å². The van der Waals surface area contributed by atoms with Crippen LogP contribution in [0.1, 0.15) is 44.0 Å². The molecule has 8 nitrogen and oxygen atoms in total. The van der Waals surface area contributed by atoms with Crippen LogP contribution in [0.4, 0.5) is 0 Å². The number of rotatable bonds is 9. The number of para-hydroxylation sites is 1. The summed E-state index contributed by atoms with van der Waals surface area (Å²) in [4.78, 5) is 33.1. The van der Waals surface area contributed by atoms with Gasteiger partial charge in [0.2, 0.25) is 11.8 Å². The summed E-state index contributed by atoms with van der Waals surface area (Å²) in [7, 11) is 0. The molecule has 0 radical (unpaired) electrons. The molecule has 0 unspecified atom stereocenters. The molecule has 1 aliphatic rings. The fourth-order valence-electron chi connectivity index (χ4n) is 6.15. The third kappa shape index (κ3) is 5.77. The molecule has 0 aliphatic heterocycles. The minimum Gasteiger partial charge on any atom is -0.368 e. The topological polar surface area (TPSA) is 119 Å². The molecule has 10 heteroatoms. The largest absolute Gasteiger partial charge is 0.368 e. The first kappa shape index (κ1) is 29.0. The summed E-state index contributed by atoms with van der Waals surface area (Å²) in [6, 6.07) is 20.4. The lowest BCUT2D eigenvalue weighted by molar-refractivity contribution is -0.130. The Hall–Kier alpha value is -4.14. The van der Waals surface area contributed by atoms with E-state index in [1.807, 2.05) is 53.2 Å². The molecule has 0 bridgehead atoms. The van der Waals surface area contributed by atoms with Crippen molar-refractivity contribution >= 4 is 45.9 Å². The summed E-state index contributed by atoms with van der Waals surface area (Å²) in [6.45, 7) is 4.34. The number of pyridine rings is 1. The predicted octanol–water partition coefficient (Wildman–Crippen LogP) is 6.46. The zero-order valence-corrected chi connectivity index (χ0v) is 25.4. The molecule has 2 aromatic carbocycles. The minimum absolute atomic E-state index is 0.0955. The van der Waals surface area contributed by atoms with Crippen molar-refractivity contribution in [3.63, 3.8) is 0 Å². The van der Waals surface area contributed by atoms with Crippen LogP contribution in [0, 0.1) is 11.3 Å². The van der Waals surface area contributed by atoms with Crippen LogP contribution in [0.15, 0.2) is 79.1 Å². The number of halogens is 2. The Labute approximate surface area is 259 Å². The van der Waals surface area contributed by atoms with Gasteiger partial charge in [-0.15, -0.1) is 0 Å². The lowest BCUT2D eigenvalue weighted by Crippen LogP contribution is -2.50. The summed E-state index contributed by atoms with van der Waals surface area (Å²) in [5.41, 5.74) is 10.8. The number of aromatic nitrogens is 4. The highest BCUT2D eigenvalue weighted by Gasteiger charge is 2.50. The second kappa shape index (κ2) is 11.5. The van der Waals surface area contributed by atoms with Crippen molar-refractivity contribution in [2.75, 3.05) is 0 Å². The van der Waals surface area contributed by atoms with Gasteiger partial charge in [0.25, 0.3) is 0 Å². The number of nitrogens with two attached hydrogens (primary N) is 1. The Morgan fingerprint density at radius 3 is 2.60 bits per heavy atom. The molecule has 2 amide bonds. The van der Waals surface area contributed by atoms with Gasteiger partial charge in [-0.1, -0.05) is 55.2 Å². The van der Waals surface area contributed by atoms with Crippen LogP contribution < -0.4 is 11.1 Å². The molecular formula is C33H32Cl2N6O2. The van der Waals surface area contributed by atoms with Gasteiger partial charge < -0.3 is 16.0 Å². The highest BCUT2D eigenvalue weighted by molar-refractivity contribution is 6.42. The molecule has 1 saturated carbocycles. The second-order valence-corrected chi connectivity index (χ2v) is 12.6. The number of nitrogens with one attached hydrogen (secondary N) is 2. The zero-order chi connectivity index (χ0) is 30.3. The molecule has 1 aliphatic carbocycles. The number of nitrogens with zero attached hydrogens (tertiary/aromatic N) is 3. The van der Waals surface area contributed by atoms with Crippen LogP contribution in [-0.2, 0) is 16.0 Å². The highest BCUT2D eigenvalue weighted by atomic mass is 35.5. The van der Waals surface area contributed by atoms with E-state index in [0.29, 0.717) is 16.5 Å². The van der Waals surface area contributed by atoms with Crippen LogP contribution in [0.3, 0.4) is 0 Å². The molecule has 1 fully saturated rings. The molecule has 220 valence electrons. The number of fused-ring (bicyclic) bond motifs is 1. The third-order valence-electron chi connectivity index (χ3n) is 8.79. The van der Waals surface area contributed by atoms with Gasteiger partial charge in [-0.05, 0) is 71.7 Å². The van der Waals surface area contributed by atoms with E-state index in [9.17, 15) is 9.59 Å². The number of hydrogen-bond donors (Lipinski definition) is 3. The molecule has 3 heterocycles. The number of amides is 2. The van der Waals surface area contributed by atoms with E-state index < -0.39 is 11.9 Å².